The number of hydrogen-bond acceptors (Lipinski definition) is 8. The fourth-order valence-electron chi connectivity index (χ4n) is 3.52. The van der Waals surface area contributed by atoms with Crippen molar-refractivity contribution >= 4 is 51.8 Å². The molecule has 0 unspecified atom stereocenters. The quantitative estimate of drug-likeness (QED) is 0.466. The predicted octanol–water partition coefficient (Wildman–Crippen LogP) is 3.16. The molecule has 4 aromatic rings. The van der Waals surface area contributed by atoms with Gasteiger partial charge in [0.2, 0.25) is 5.91 Å². The third-order valence-corrected chi connectivity index (χ3v) is 7.28. The number of thiophene rings is 1. The Kier molecular flexibility index (Phi) is 5.13. The first-order valence-electron chi connectivity index (χ1n) is 9.47. The highest BCUT2D eigenvalue weighted by atomic mass is 35.5. The van der Waals surface area contributed by atoms with Crippen molar-refractivity contribution in [2.45, 2.75) is 13.3 Å². The van der Waals surface area contributed by atoms with Crippen LogP contribution >= 0.6 is 34.3 Å². The van der Waals surface area contributed by atoms with E-state index in [9.17, 15) is 4.79 Å². The molecule has 0 saturated carbocycles. The molecule has 1 aliphatic heterocycles. The van der Waals surface area contributed by atoms with E-state index in [2.05, 4.69) is 25.0 Å². The molecule has 11 heteroatoms. The number of nitrogens with zero attached hydrogens (tertiary/aromatic N) is 7. The lowest BCUT2D eigenvalue weighted by Crippen LogP contribution is -2.49. The highest BCUT2D eigenvalue weighted by molar-refractivity contribution is 7.23. The smallest absolute Gasteiger partial charge is 0.254 e. The summed E-state index contributed by atoms with van der Waals surface area (Å²) in [7, 11) is 0. The van der Waals surface area contributed by atoms with Crippen LogP contribution in [-0.4, -0.2) is 61.6 Å². The Bertz CT molecular complexity index is 1210. The van der Waals surface area contributed by atoms with Gasteiger partial charge in [0, 0.05) is 43.3 Å². The molecule has 0 aliphatic carbocycles. The molecule has 1 amide bonds. The first-order valence-corrected chi connectivity index (χ1v) is 11.5. The second-order valence-corrected chi connectivity index (χ2v) is 9.59. The van der Waals surface area contributed by atoms with Crippen molar-refractivity contribution in [1.82, 2.24) is 29.5 Å². The van der Waals surface area contributed by atoms with Gasteiger partial charge < -0.3 is 9.80 Å². The van der Waals surface area contributed by atoms with Crippen LogP contribution < -0.4 is 4.90 Å². The number of halogens is 1. The maximum Gasteiger partial charge on any atom is 0.254 e. The predicted molar refractivity (Wildman–Crippen MR) is 118 cm³/mol. The van der Waals surface area contributed by atoms with Crippen molar-refractivity contribution in [1.29, 1.82) is 0 Å². The van der Waals surface area contributed by atoms with E-state index < -0.39 is 0 Å². The van der Waals surface area contributed by atoms with Crippen LogP contribution in [0, 0.1) is 6.92 Å². The van der Waals surface area contributed by atoms with Gasteiger partial charge in [-0.2, -0.15) is 14.6 Å². The molecule has 0 bridgehead atoms. The van der Waals surface area contributed by atoms with Gasteiger partial charge in [-0.05, 0) is 19.1 Å². The Morgan fingerprint density at radius 1 is 1.20 bits per heavy atom. The zero-order chi connectivity index (χ0) is 20.7. The lowest BCUT2D eigenvalue weighted by atomic mass is 10.2. The van der Waals surface area contributed by atoms with Crippen LogP contribution in [0.2, 0.25) is 4.34 Å². The molecule has 0 N–H and O–H groups in total. The van der Waals surface area contributed by atoms with Gasteiger partial charge in [0.25, 0.3) is 5.78 Å². The molecule has 0 atom stereocenters. The van der Waals surface area contributed by atoms with E-state index in [4.69, 9.17) is 11.6 Å². The van der Waals surface area contributed by atoms with Gasteiger partial charge in [-0.15, -0.1) is 22.7 Å². The van der Waals surface area contributed by atoms with Crippen molar-refractivity contribution in [2.75, 3.05) is 31.1 Å². The molecular formula is C19H18ClN7OS2. The van der Waals surface area contributed by atoms with Gasteiger partial charge in [0.1, 0.15) is 17.2 Å². The van der Waals surface area contributed by atoms with Gasteiger partial charge in [0.15, 0.2) is 0 Å². The third-order valence-electron chi connectivity index (χ3n) is 4.99. The number of aromatic nitrogens is 5. The van der Waals surface area contributed by atoms with Crippen LogP contribution in [0.3, 0.4) is 0 Å². The Morgan fingerprint density at radius 2 is 2.03 bits per heavy atom. The van der Waals surface area contributed by atoms with Gasteiger partial charge in [-0.1, -0.05) is 11.6 Å². The summed E-state index contributed by atoms with van der Waals surface area (Å²) in [4.78, 5) is 31.2. The summed E-state index contributed by atoms with van der Waals surface area (Å²) in [5, 5.41) is 7.14. The van der Waals surface area contributed by atoms with E-state index in [0.717, 1.165) is 44.5 Å². The molecule has 4 aromatic heterocycles. The van der Waals surface area contributed by atoms with Crippen LogP contribution in [0.4, 0.5) is 5.82 Å². The molecule has 1 fully saturated rings. The SMILES string of the molecule is Cc1cc(N2CCN(C(=O)Cc3csc(-c4ccc(Cl)s4)n3)CC2)n2ncnc2n1. The number of piperazine rings is 1. The third kappa shape index (κ3) is 3.78. The molecule has 5 heterocycles. The normalized spacial score (nSPS) is 14.6. The van der Waals surface area contributed by atoms with Gasteiger partial charge in [-0.25, -0.2) is 9.97 Å². The zero-order valence-corrected chi connectivity index (χ0v) is 18.5. The Labute approximate surface area is 185 Å². The molecular weight excluding hydrogens is 442 g/mol. The van der Waals surface area contributed by atoms with Crippen LogP contribution in [0.1, 0.15) is 11.4 Å². The van der Waals surface area contributed by atoms with E-state index in [1.165, 1.54) is 17.7 Å². The summed E-state index contributed by atoms with van der Waals surface area (Å²) in [6.45, 7) is 4.74. The average Bonchev–Trinajstić information content (AvgIpc) is 3.48. The first-order chi connectivity index (χ1) is 14.6. The molecule has 0 radical (unpaired) electrons. The zero-order valence-electron chi connectivity index (χ0n) is 16.2. The topological polar surface area (TPSA) is 79.5 Å². The minimum Gasteiger partial charge on any atom is -0.353 e. The number of anilines is 1. The first kappa shape index (κ1) is 19.4. The minimum absolute atomic E-state index is 0.104. The van der Waals surface area contributed by atoms with E-state index in [0.29, 0.717) is 25.3 Å². The number of fused-ring (bicyclic) bond motifs is 1. The second kappa shape index (κ2) is 7.93. The van der Waals surface area contributed by atoms with Crippen molar-refractivity contribution < 1.29 is 4.79 Å². The summed E-state index contributed by atoms with van der Waals surface area (Å²) in [6, 6.07) is 5.83. The van der Waals surface area contributed by atoms with E-state index in [-0.39, 0.29) is 5.91 Å². The van der Waals surface area contributed by atoms with Crippen LogP contribution in [0.5, 0.6) is 0 Å². The highest BCUT2D eigenvalue weighted by Crippen LogP contribution is 2.33. The maximum atomic E-state index is 12.8. The van der Waals surface area contributed by atoms with Crippen molar-refractivity contribution in [3.05, 3.63) is 45.6 Å². The molecule has 0 aromatic carbocycles. The molecule has 5 rings (SSSR count). The number of carbonyl (C=O) groups is 1. The van der Waals surface area contributed by atoms with E-state index >= 15 is 0 Å². The van der Waals surface area contributed by atoms with Crippen molar-refractivity contribution in [2.24, 2.45) is 0 Å². The molecule has 0 spiro atoms. The van der Waals surface area contributed by atoms with E-state index in [1.807, 2.05) is 35.4 Å². The number of amides is 1. The second-order valence-electron chi connectivity index (χ2n) is 7.02. The summed E-state index contributed by atoms with van der Waals surface area (Å²) < 4.78 is 2.49. The average molecular weight is 460 g/mol. The van der Waals surface area contributed by atoms with Crippen LogP contribution in [0.25, 0.3) is 15.7 Å². The van der Waals surface area contributed by atoms with Gasteiger partial charge in [0.05, 0.1) is 21.3 Å². The number of aryl methyl sites for hydroxylation is 1. The van der Waals surface area contributed by atoms with Crippen LogP contribution in [-0.2, 0) is 11.2 Å². The number of carbonyl (C=O) groups excluding carboxylic acids is 1. The molecule has 8 nitrogen and oxygen atoms in total. The fourth-order valence-corrected chi connectivity index (χ4v) is 5.45. The maximum absolute atomic E-state index is 12.8. The van der Waals surface area contributed by atoms with Gasteiger partial charge >= 0.3 is 0 Å². The lowest BCUT2D eigenvalue weighted by Gasteiger charge is -2.36. The standard InChI is InChI=1S/C19H18ClN7OS2/c1-12-8-16(27-19(23-12)21-11-22-27)25-4-6-26(7-5-25)17(28)9-13-10-29-18(24-13)14-2-3-15(20)30-14/h2-3,8,10-11H,4-7,9H2,1H3. The fraction of sp³-hybridized carbons (Fsp3) is 0.316. The Balaban J connectivity index is 1.23. The highest BCUT2D eigenvalue weighted by Gasteiger charge is 2.24. The van der Waals surface area contributed by atoms with Crippen molar-refractivity contribution in [3.63, 3.8) is 0 Å². The molecule has 1 aliphatic rings. The molecule has 30 heavy (non-hydrogen) atoms. The van der Waals surface area contributed by atoms with Crippen molar-refractivity contribution in [3.8, 4) is 9.88 Å². The Hall–Kier alpha value is -2.56. The number of thiazole rings is 1. The summed E-state index contributed by atoms with van der Waals surface area (Å²) >= 11 is 9.06. The van der Waals surface area contributed by atoms with E-state index in [1.54, 1.807) is 15.9 Å². The minimum atomic E-state index is 0.104. The summed E-state index contributed by atoms with van der Waals surface area (Å²) in [5.74, 6) is 1.66. The number of rotatable bonds is 4. The van der Waals surface area contributed by atoms with Gasteiger partial charge in [-0.3, -0.25) is 4.79 Å². The monoisotopic (exact) mass is 459 g/mol. The van der Waals surface area contributed by atoms with Crippen LogP contribution in [0.15, 0.2) is 29.9 Å². The summed E-state index contributed by atoms with van der Waals surface area (Å²) in [6.07, 6.45) is 1.83. The lowest BCUT2D eigenvalue weighted by molar-refractivity contribution is -0.130. The molecule has 154 valence electrons. The Morgan fingerprint density at radius 3 is 2.80 bits per heavy atom. The molecule has 1 saturated heterocycles. The number of hydrogen-bond donors (Lipinski definition) is 0. The largest absolute Gasteiger partial charge is 0.353 e. The summed E-state index contributed by atoms with van der Waals surface area (Å²) in [5.41, 5.74) is 1.71.